The van der Waals surface area contributed by atoms with Crippen LogP contribution < -0.4 is 30.6 Å². The summed E-state index contributed by atoms with van der Waals surface area (Å²) < 4.78 is 32.0. The summed E-state index contributed by atoms with van der Waals surface area (Å²) in [5.74, 6) is 4.79. The molecule has 1 saturated carbocycles. The first kappa shape index (κ1) is 43.7. The first-order chi connectivity index (χ1) is 29.9. The van der Waals surface area contributed by atoms with E-state index in [1.165, 1.54) is 13.2 Å². The molecule has 3 aromatic carbocycles. The van der Waals surface area contributed by atoms with Gasteiger partial charge in [0, 0.05) is 40.9 Å². The molecular formula is C48H52FN5O8. The number of nitrogens with one attached hydrogen (secondary N) is 2. The summed E-state index contributed by atoms with van der Waals surface area (Å²) in [7, 11) is 3.63. The third-order valence-corrected chi connectivity index (χ3v) is 12.2. The molecule has 4 aromatic rings. The monoisotopic (exact) mass is 845 g/mol. The average molecular weight is 846 g/mol. The van der Waals surface area contributed by atoms with Gasteiger partial charge in [0.15, 0.2) is 6.17 Å². The van der Waals surface area contributed by atoms with Gasteiger partial charge in [-0.1, -0.05) is 43.4 Å². The largest absolute Gasteiger partial charge is 0.496 e. The van der Waals surface area contributed by atoms with Gasteiger partial charge >= 0.3 is 0 Å². The molecular weight excluding hydrogens is 794 g/mol. The summed E-state index contributed by atoms with van der Waals surface area (Å²) in [6.07, 6.45) is 8.69. The van der Waals surface area contributed by atoms with Crippen molar-refractivity contribution in [2.75, 3.05) is 33.9 Å². The topological polar surface area (TPSA) is 179 Å². The lowest BCUT2D eigenvalue weighted by atomic mass is 9.82. The van der Waals surface area contributed by atoms with Crippen LogP contribution in [0.2, 0.25) is 0 Å². The molecule has 1 aliphatic carbocycles. The maximum absolute atomic E-state index is 14.4. The lowest BCUT2D eigenvalue weighted by molar-refractivity contribution is -0.124. The van der Waals surface area contributed by atoms with Crippen LogP contribution in [0, 0.1) is 29.6 Å². The molecule has 2 fully saturated rings. The number of pyridine rings is 1. The molecule has 2 aliphatic heterocycles. The van der Waals surface area contributed by atoms with E-state index in [1.54, 1.807) is 36.5 Å². The fraction of sp³-hybridized carbons (Fsp3) is 0.417. The van der Waals surface area contributed by atoms with Gasteiger partial charge in [0.05, 0.1) is 29.8 Å². The van der Waals surface area contributed by atoms with Crippen molar-refractivity contribution in [3.05, 3.63) is 88.6 Å². The quantitative estimate of drug-likeness (QED) is 0.0500. The van der Waals surface area contributed by atoms with E-state index in [2.05, 4.69) is 39.4 Å². The van der Waals surface area contributed by atoms with Crippen molar-refractivity contribution < 1.29 is 42.6 Å². The molecule has 4 amide bonds. The standard InChI is InChI=1S/C48H52FN5O8/c1-4-33-38(52-46(58)42(33)49)27-61-48-36-24-40(60-3)37(44(50)56)23-35(36)31(25-51-48)20-19-28-15-17-30(18-16-28)26-54(2)21-7-5-6-10-29-11-8-12-32(22-29)62-39-14-9-13-34-41(39)45(57)53-47(59)43(34)55/h8-9,11-14,22-25,28,30,33,38,42H,4-7,10,15-18,21,26-27H2,1-3H3,(H2,50,56)(H,52,58)(H,53,57,59)/t28?,30?,33-,38+,42-/m0/s1. The number of fused-ring (bicyclic) bond motifs is 2. The fourth-order valence-corrected chi connectivity index (χ4v) is 8.78. The number of rotatable bonds is 16. The van der Waals surface area contributed by atoms with Crippen LogP contribution in [0.5, 0.6) is 23.1 Å². The second-order valence-corrected chi connectivity index (χ2v) is 16.4. The molecule has 14 heteroatoms. The second kappa shape index (κ2) is 19.6. The molecule has 13 nitrogen and oxygen atoms in total. The van der Waals surface area contributed by atoms with Gasteiger partial charge in [-0.25, -0.2) is 9.37 Å². The highest BCUT2D eigenvalue weighted by molar-refractivity contribution is 6.49. The fourth-order valence-electron chi connectivity index (χ4n) is 8.78. The highest BCUT2D eigenvalue weighted by atomic mass is 19.1. The minimum Gasteiger partial charge on any atom is -0.496 e. The highest BCUT2D eigenvalue weighted by Crippen LogP contribution is 2.35. The number of methoxy groups -OCH3 is 1. The minimum atomic E-state index is -1.58. The number of nitrogens with two attached hydrogens (primary N) is 1. The number of alkyl halides is 1. The number of carbonyl (C=O) groups is 5. The Hall–Kier alpha value is -6.33. The van der Waals surface area contributed by atoms with E-state index in [9.17, 15) is 28.4 Å². The number of halogens is 1. The Balaban J connectivity index is 0.879. The molecule has 3 aliphatic rings. The smallest absolute Gasteiger partial charge is 0.299 e. The Morgan fingerprint density at radius 2 is 1.76 bits per heavy atom. The van der Waals surface area contributed by atoms with Gasteiger partial charge in [0.2, 0.25) is 5.88 Å². The number of unbranched alkanes of at least 4 members (excludes halogenated alkanes) is 2. The minimum absolute atomic E-state index is 0.0306. The van der Waals surface area contributed by atoms with Gasteiger partial charge in [0.25, 0.3) is 29.4 Å². The number of nitrogens with zero attached hydrogens (tertiary/aromatic N) is 2. The number of aromatic nitrogens is 1. The highest BCUT2D eigenvalue weighted by Gasteiger charge is 2.42. The van der Waals surface area contributed by atoms with Crippen molar-refractivity contribution >= 4 is 40.2 Å². The van der Waals surface area contributed by atoms with E-state index in [-0.39, 0.29) is 46.6 Å². The molecule has 0 radical (unpaired) electrons. The summed E-state index contributed by atoms with van der Waals surface area (Å²) in [6.45, 7) is 3.91. The first-order valence-corrected chi connectivity index (χ1v) is 21.3. The van der Waals surface area contributed by atoms with Crippen molar-refractivity contribution in [3.63, 3.8) is 0 Å². The average Bonchev–Trinajstić information content (AvgIpc) is 3.54. The molecule has 3 atom stereocenters. The molecule has 1 aromatic heterocycles. The summed E-state index contributed by atoms with van der Waals surface area (Å²) in [5, 5.41) is 5.97. The van der Waals surface area contributed by atoms with Gasteiger partial charge in [-0.05, 0) is 113 Å². The zero-order valence-corrected chi connectivity index (χ0v) is 35.3. The maximum Gasteiger partial charge on any atom is 0.299 e. The summed E-state index contributed by atoms with van der Waals surface area (Å²) >= 11 is 0. The summed E-state index contributed by atoms with van der Waals surface area (Å²) in [4.78, 5) is 67.9. The number of aryl methyl sites for hydroxylation is 1. The first-order valence-electron chi connectivity index (χ1n) is 21.3. The van der Waals surface area contributed by atoms with Gasteiger partial charge in [-0.2, -0.15) is 0 Å². The van der Waals surface area contributed by atoms with E-state index < -0.39 is 47.5 Å². The van der Waals surface area contributed by atoms with Crippen molar-refractivity contribution in [1.29, 1.82) is 0 Å². The number of carbonyl (C=O) groups excluding carboxylic acids is 5. The lowest BCUT2D eigenvalue weighted by Gasteiger charge is -2.29. The van der Waals surface area contributed by atoms with E-state index >= 15 is 0 Å². The third-order valence-electron chi connectivity index (χ3n) is 12.2. The van der Waals surface area contributed by atoms with Crippen LogP contribution >= 0.6 is 0 Å². The molecule has 1 saturated heterocycles. The van der Waals surface area contributed by atoms with E-state index in [4.69, 9.17) is 19.9 Å². The number of hydrogen-bond donors (Lipinski definition) is 3. The molecule has 3 heterocycles. The molecule has 324 valence electrons. The van der Waals surface area contributed by atoms with Crippen molar-refractivity contribution in [1.82, 2.24) is 20.5 Å². The van der Waals surface area contributed by atoms with Crippen LogP contribution in [-0.4, -0.2) is 85.4 Å². The molecule has 0 spiro atoms. The number of amides is 4. The van der Waals surface area contributed by atoms with Crippen LogP contribution in [0.15, 0.2) is 60.8 Å². The van der Waals surface area contributed by atoms with Crippen LogP contribution in [0.25, 0.3) is 10.8 Å². The molecule has 62 heavy (non-hydrogen) atoms. The third kappa shape index (κ3) is 9.89. The maximum atomic E-state index is 14.4. The number of hydrogen-bond acceptors (Lipinski definition) is 10. The number of primary amides is 1. The number of ketones is 1. The molecule has 4 N–H and O–H groups in total. The number of ether oxygens (including phenoxy) is 3. The van der Waals surface area contributed by atoms with Gasteiger partial charge in [-0.3, -0.25) is 29.3 Å². The Bertz CT molecular complexity index is 2440. The van der Waals surface area contributed by atoms with Crippen molar-refractivity contribution in [2.45, 2.75) is 76.9 Å². The van der Waals surface area contributed by atoms with Gasteiger partial charge < -0.3 is 30.2 Å². The molecule has 7 rings (SSSR count). The predicted molar refractivity (Wildman–Crippen MR) is 230 cm³/mol. The van der Waals surface area contributed by atoms with Crippen LogP contribution in [0.3, 0.4) is 0 Å². The predicted octanol–water partition coefficient (Wildman–Crippen LogP) is 6.33. The second-order valence-electron chi connectivity index (χ2n) is 16.4. The summed E-state index contributed by atoms with van der Waals surface area (Å²) in [5.41, 5.74) is 7.76. The van der Waals surface area contributed by atoms with Crippen LogP contribution in [0.1, 0.15) is 100 Å². The Morgan fingerprint density at radius 3 is 2.52 bits per heavy atom. The van der Waals surface area contributed by atoms with Crippen molar-refractivity contribution in [2.24, 2.45) is 23.5 Å². The van der Waals surface area contributed by atoms with E-state index in [0.29, 0.717) is 34.4 Å². The number of Topliss-reactive ketones (excluding diaryl/α,β-unsaturated/α-hetero) is 1. The zero-order valence-electron chi connectivity index (χ0n) is 35.3. The van der Waals surface area contributed by atoms with Crippen molar-refractivity contribution in [3.8, 4) is 35.0 Å². The van der Waals surface area contributed by atoms with Crippen LogP contribution in [0.4, 0.5) is 4.39 Å². The SMILES string of the molecule is CC[C@@H]1[C@H](F)C(=O)N[C@@H]1COc1ncc(C#CC2CCC(CN(C)CCCCCc3cccc(Oc4cccc5c4C(=O)NC(=O)C5=O)c3)CC2)c2cc(C(N)=O)c(OC)cc12. The Kier molecular flexibility index (Phi) is 13.8. The van der Waals surface area contributed by atoms with Crippen LogP contribution in [-0.2, 0) is 16.0 Å². The van der Waals surface area contributed by atoms with E-state index in [0.717, 1.165) is 70.0 Å². The summed E-state index contributed by atoms with van der Waals surface area (Å²) in [6, 6.07) is 15.2. The molecule has 0 unspecified atom stereocenters. The van der Waals surface area contributed by atoms with Gasteiger partial charge in [0.1, 0.15) is 23.9 Å². The number of benzene rings is 3. The lowest BCUT2D eigenvalue weighted by Crippen LogP contribution is -2.42. The Labute approximate surface area is 360 Å². The molecule has 0 bridgehead atoms. The van der Waals surface area contributed by atoms with E-state index in [1.807, 2.05) is 25.1 Å². The zero-order chi connectivity index (χ0) is 43.9. The van der Waals surface area contributed by atoms with Gasteiger partial charge in [-0.15, -0.1) is 0 Å². The Morgan fingerprint density at radius 1 is 0.968 bits per heavy atom. The normalized spacial score (nSPS) is 20.9. The number of imide groups is 1.